The van der Waals surface area contributed by atoms with E-state index in [4.69, 9.17) is 4.74 Å². The Bertz CT molecular complexity index is 767. The van der Waals surface area contributed by atoms with Crippen molar-refractivity contribution in [3.05, 3.63) is 65.5 Å². The molecule has 0 fully saturated rings. The molecule has 3 rings (SSSR count). The molecule has 0 amide bonds. The lowest BCUT2D eigenvalue weighted by atomic mass is 10.1. The second-order valence-corrected chi connectivity index (χ2v) is 5.28. The fourth-order valence-corrected chi connectivity index (χ4v) is 2.27. The van der Waals surface area contributed by atoms with Crippen LogP contribution < -0.4 is 5.32 Å². The van der Waals surface area contributed by atoms with E-state index >= 15 is 0 Å². The molecular formula is C17H19N5O. The predicted molar refractivity (Wildman–Crippen MR) is 88.4 cm³/mol. The second kappa shape index (κ2) is 7.02. The van der Waals surface area contributed by atoms with Gasteiger partial charge in [0.15, 0.2) is 5.82 Å². The Morgan fingerprint density at radius 2 is 1.96 bits per heavy atom. The van der Waals surface area contributed by atoms with Gasteiger partial charge in [-0.25, -0.2) is 4.68 Å². The van der Waals surface area contributed by atoms with Gasteiger partial charge >= 0.3 is 0 Å². The van der Waals surface area contributed by atoms with Gasteiger partial charge in [0.05, 0.1) is 12.3 Å². The summed E-state index contributed by atoms with van der Waals surface area (Å²) >= 11 is 0. The molecule has 0 aliphatic rings. The summed E-state index contributed by atoms with van der Waals surface area (Å²) in [7, 11) is 1.70. The van der Waals surface area contributed by atoms with Crippen molar-refractivity contribution in [2.45, 2.75) is 20.1 Å². The van der Waals surface area contributed by atoms with Crippen LogP contribution in [-0.4, -0.2) is 27.1 Å². The van der Waals surface area contributed by atoms with E-state index in [9.17, 15) is 0 Å². The van der Waals surface area contributed by atoms with Gasteiger partial charge in [0.25, 0.3) is 0 Å². The number of anilines is 1. The summed E-state index contributed by atoms with van der Waals surface area (Å²) in [4.78, 5) is 0. The summed E-state index contributed by atoms with van der Waals surface area (Å²) in [6.45, 7) is 3.25. The molecule has 0 spiro atoms. The van der Waals surface area contributed by atoms with Crippen LogP contribution in [0, 0.1) is 6.92 Å². The molecule has 0 saturated carbocycles. The minimum Gasteiger partial charge on any atom is -0.380 e. The summed E-state index contributed by atoms with van der Waals surface area (Å²) in [5.74, 6) is 1.43. The highest BCUT2D eigenvalue weighted by Gasteiger charge is 2.02. The molecule has 0 bridgehead atoms. The lowest BCUT2D eigenvalue weighted by molar-refractivity contribution is 0.185. The van der Waals surface area contributed by atoms with Gasteiger partial charge in [-0.05, 0) is 36.2 Å². The number of rotatable bonds is 6. The number of aromatic nitrogens is 4. The van der Waals surface area contributed by atoms with Crippen molar-refractivity contribution in [3.8, 4) is 5.82 Å². The maximum Gasteiger partial charge on any atom is 0.175 e. The topological polar surface area (TPSA) is 64.9 Å². The van der Waals surface area contributed by atoms with Crippen molar-refractivity contribution >= 4 is 5.82 Å². The van der Waals surface area contributed by atoms with Gasteiger partial charge in [-0.3, -0.25) is 0 Å². The minimum absolute atomic E-state index is 0.617. The Morgan fingerprint density at radius 1 is 1.09 bits per heavy atom. The van der Waals surface area contributed by atoms with Gasteiger partial charge in [-0.1, -0.05) is 24.3 Å². The lowest BCUT2D eigenvalue weighted by Crippen LogP contribution is -2.05. The van der Waals surface area contributed by atoms with Crippen LogP contribution in [0.15, 0.2) is 48.7 Å². The van der Waals surface area contributed by atoms with Gasteiger partial charge in [-0.2, -0.15) is 5.10 Å². The van der Waals surface area contributed by atoms with Gasteiger partial charge in [0.2, 0.25) is 0 Å². The number of methoxy groups -OCH3 is 1. The Morgan fingerprint density at radius 3 is 2.65 bits per heavy atom. The maximum atomic E-state index is 5.15. The van der Waals surface area contributed by atoms with Crippen LogP contribution in [0.3, 0.4) is 0 Å². The van der Waals surface area contributed by atoms with E-state index < -0.39 is 0 Å². The third-order valence-electron chi connectivity index (χ3n) is 3.38. The highest BCUT2D eigenvalue weighted by atomic mass is 16.5. The van der Waals surface area contributed by atoms with Crippen LogP contribution in [0.1, 0.15) is 16.8 Å². The minimum atomic E-state index is 0.617. The molecule has 0 saturated heterocycles. The molecule has 0 radical (unpaired) electrons. The molecule has 2 aromatic heterocycles. The van der Waals surface area contributed by atoms with E-state index in [1.165, 1.54) is 5.56 Å². The summed E-state index contributed by atoms with van der Waals surface area (Å²) < 4.78 is 6.86. The molecule has 3 aromatic rings. The first kappa shape index (κ1) is 15.2. The van der Waals surface area contributed by atoms with E-state index in [0.29, 0.717) is 19.0 Å². The Balaban J connectivity index is 1.63. The van der Waals surface area contributed by atoms with Crippen molar-refractivity contribution in [1.29, 1.82) is 0 Å². The molecule has 6 heteroatoms. The van der Waals surface area contributed by atoms with Gasteiger partial charge in [-0.15, -0.1) is 10.2 Å². The molecule has 118 valence electrons. The largest absolute Gasteiger partial charge is 0.380 e. The first-order valence-corrected chi connectivity index (χ1v) is 7.41. The molecule has 0 aliphatic carbocycles. The van der Waals surface area contributed by atoms with Crippen molar-refractivity contribution < 1.29 is 4.74 Å². The molecule has 0 atom stereocenters. The Hall–Kier alpha value is -2.73. The Kier molecular flexibility index (Phi) is 4.63. The summed E-state index contributed by atoms with van der Waals surface area (Å²) in [6, 6.07) is 14.0. The van der Waals surface area contributed by atoms with Crippen LogP contribution in [0.4, 0.5) is 5.82 Å². The number of aryl methyl sites for hydroxylation is 1. The quantitative estimate of drug-likeness (QED) is 0.758. The Labute approximate surface area is 135 Å². The number of nitrogens with one attached hydrogen (secondary N) is 1. The highest BCUT2D eigenvalue weighted by Crippen LogP contribution is 2.10. The zero-order valence-electron chi connectivity index (χ0n) is 13.2. The van der Waals surface area contributed by atoms with E-state index in [1.54, 1.807) is 11.8 Å². The number of nitrogens with zero attached hydrogens (tertiary/aromatic N) is 4. The monoisotopic (exact) mass is 309 g/mol. The maximum absolute atomic E-state index is 5.15. The first-order valence-electron chi connectivity index (χ1n) is 7.41. The average molecular weight is 309 g/mol. The van der Waals surface area contributed by atoms with Crippen LogP contribution in [0.2, 0.25) is 0 Å². The fraction of sp³-hybridized carbons (Fsp3) is 0.235. The van der Waals surface area contributed by atoms with Crippen LogP contribution in [-0.2, 0) is 17.9 Å². The molecule has 0 aliphatic heterocycles. The van der Waals surface area contributed by atoms with E-state index in [0.717, 1.165) is 17.1 Å². The van der Waals surface area contributed by atoms with Crippen LogP contribution in [0.5, 0.6) is 0 Å². The van der Waals surface area contributed by atoms with Gasteiger partial charge < -0.3 is 10.1 Å². The second-order valence-electron chi connectivity index (χ2n) is 5.28. The van der Waals surface area contributed by atoms with E-state index in [1.807, 2.05) is 43.5 Å². The third-order valence-corrected chi connectivity index (χ3v) is 3.38. The number of benzene rings is 1. The zero-order valence-corrected chi connectivity index (χ0v) is 13.2. The fourth-order valence-electron chi connectivity index (χ4n) is 2.27. The molecule has 1 N–H and O–H groups in total. The molecule has 0 unspecified atom stereocenters. The van der Waals surface area contributed by atoms with Crippen LogP contribution >= 0.6 is 0 Å². The molecular weight excluding hydrogens is 290 g/mol. The highest BCUT2D eigenvalue weighted by molar-refractivity contribution is 5.37. The van der Waals surface area contributed by atoms with Crippen molar-refractivity contribution in [3.63, 3.8) is 0 Å². The van der Waals surface area contributed by atoms with Crippen LogP contribution in [0.25, 0.3) is 5.82 Å². The lowest BCUT2D eigenvalue weighted by Gasteiger charge is -2.07. The molecule has 23 heavy (non-hydrogen) atoms. The molecule has 2 heterocycles. The number of ether oxygens (including phenoxy) is 1. The summed E-state index contributed by atoms with van der Waals surface area (Å²) in [5.41, 5.74) is 3.28. The van der Waals surface area contributed by atoms with Crippen molar-refractivity contribution in [2.24, 2.45) is 0 Å². The molecule has 1 aromatic carbocycles. The normalized spacial score (nSPS) is 10.7. The van der Waals surface area contributed by atoms with Gasteiger partial charge in [0.1, 0.15) is 5.82 Å². The summed E-state index contributed by atoms with van der Waals surface area (Å²) in [6.07, 6.45) is 1.87. The first-order chi connectivity index (χ1) is 11.2. The predicted octanol–water partition coefficient (Wildman–Crippen LogP) is 2.73. The van der Waals surface area contributed by atoms with Gasteiger partial charge in [0, 0.05) is 19.9 Å². The zero-order chi connectivity index (χ0) is 16.1. The smallest absolute Gasteiger partial charge is 0.175 e. The van der Waals surface area contributed by atoms with Crippen molar-refractivity contribution in [2.75, 3.05) is 12.4 Å². The number of hydrogen-bond acceptors (Lipinski definition) is 5. The third kappa shape index (κ3) is 3.92. The van der Waals surface area contributed by atoms with Crippen molar-refractivity contribution in [1.82, 2.24) is 20.0 Å². The van der Waals surface area contributed by atoms with E-state index in [2.05, 4.69) is 32.7 Å². The average Bonchev–Trinajstić information content (AvgIpc) is 3.01. The standard InChI is InChI=1S/C17H19N5O/c1-13-8-9-22(21-13)17-7-6-16(19-20-17)18-11-14-4-3-5-15(10-14)12-23-2/h3-10H,11-12H2,1-2H3,(H,18,19). The van der Waals surface area contributed by atoms with E-state index in [-0.39, 0.29) is 0 Å². The molecule has 6 nitrogen and oxygen atoms in total. The number of hydrogen-bond donors (Lipinski definition) is 1. The SMILES string of the molecule is COCc1cccc(CNc2ccc(-n3ccc(C)n3)nn2)c1. The summed E-state index contributed by atoms with van der Waals surface area (Å²) in [5, 5.41) is 16.0.